The van der Waals surface area contributed by atoms with Crippen molar-refractivity contribution in [1.82, 2.24) is 15.5 Å². The monoisotopic (exact) mass is 247 g/mol. The van der Waals surface area contributed by atoms with E-state index in [2.05, 4.69) is 10.6 Å². The molecule has 100 valence electrons. The van der Waals surface area contributed by atoms with Crippen molar-refractivity contribution in [2.75, 3.05) is 33.7 Å². The average Bonchev–Trinajstić information content (AvgIpc) is 2.21. The summed E-state index contributed by atoms with van der Waals surface area (Å²) in [5.74, 6) is -1.37. The van der Waals surface area contributed by atoms with E-state index in [1.807, 2.05) is 19.0 Å². The second kappa shape index (κ2) is 7.08. The third-order valence-corrected chi connectivity index (χ3v) is 2.12. The maximum atomic E-state index is 11.2. The fourth-order valence-corrected chi connectivity index (χ4v) is 0.988. The first-order valence-electron chi connectivity index (χ1n) is 5.38. The van der Waals surface area contributed by atoms with Gasteiger partial charge in [0, 0.05) is 6.54 Å². The van der Waals surface area contributed by atoms with Crippen LogP contribution in [0, 0.1) is 0 Å². The number of hydrogen-bond donors (Lipinski definition) is 4. The third kappa shape index (κ3) is 7.53. The topological polar surface area (TPSA) is 102 Å². The van der Waals surface area contributed by atoms with Crippen molar-refractivity contribution < 1.29 is 19.8 Å². The first-order valence-corrected chi connectivity index (χ1v) is 5.38. The van der Waals surface area contributed by atoms with Gasteiger partial charge in [0.05, 0.1) is 6.54 Å². The van der Waals surface area contributed by atoms with Crippen molar-refractivity contribution in [3.05, 3.63) is 0 Å². The summed E-state index contributed by atoms with van der Waals surface area (Å²) in [7, 11) is 3.87. The number of carboxylic acid groups (broad SMARTS) is 1. The Balaban J connectivity index is 3.70. The van der Waals surface area contributed by atoms with Gasteiger partial charge in [0.1, 0.15) is 0 Å². The molecule has 1 atom stereocenters. The molecule has 2 amide bonds. The average molecular weight is 247 g/mol. The number of hydrogen-bond acceptors (Lipinski definition) is 4. The van der Waals surface area contributed by atoms with Gasteiger partial charge in [0.25, 0.3) is 0 Å². The molecule has 0 aromatic heterocycles. The van der Waals surface area contributed by atoms with E-state index in [1.165, 1.54) is 0 Å². The summed E-state index contributed by atoms with van der Waals surface area (Å²) in [5, 5.41) is 22.8. The number of aliphatic hydroxyl groups is 1. The SMILES string of the molecule is CN(C)CCCNC(=O)NCC(C)(O)C(=O)O. The van der Waals surface area contributed by atoms with Crippen LogP contribution in [0.3, 0.4) is 0 Å². The van der Waals surface area contributed by atoms with Crippen molar-refractivity contribution in [2.24, 2.45) is 0 Å². The predicted molar refractivity (Wildman–Crippen MR) is 62.8 cm³/mol. The lowest BCUT2D eigenvalue weighted by Crippen LogP contribution is -2.49. The number of carbonyl (C=O) groups is 2. The number of urea groups is 1. The Morgan fingerprint density at radius 3 is 2.35 bits per heavy atom. The first-order chi connectivity index (χ1) is 7.75. The van der Waals surface area contributed by atoms with E-state index in [4.69, 9.17) is 5.11 Å². The van der Waals surface area contributed by atoms with Gasteiger partial charge in [-0.25, -0.2) is 9.59 Å². The third-order valence-electron chi connectivity index (χ3n) is 2.12. The Morgan fingerprint density at radius 1 is 1.29 bits per heavy atom. The molecule has 0 aliphatic rings. The minimum atomic E-state index is -1.94. The van der Waals surface area contributed by atoms with Crippen LogP contribution >= 0.6 is 0 Å². The highest BCUT2D eigenvalue weighted by atomic mass is 16.4. The summed E-state index contributed by atoms with van der Waals surface area (Å²) in [6.07, 6.45) is 0.801. The normalized spacial score (nSPS) is 14.2. The van der Waals surface area contributed by atoms with Crippen molar-refractivity contribution in [2.45, 2.75) is 18.9 Å². The number of carboxylic acids is 1. The van der Waals surface area contributed by atoms with E-state index >= 15 is 0 Å². The molecule has 4 N–H and O–H groups in total. The van der Waals surface area contributed by atoms with Crippen molar-refractivity contribution >= 4 is 12.0 Å². The van der Waals surface area contributed by atoms with Gasteiger partial charge in [0.15, 0.2) is 5.60 Å². The van der Waals surface area contributed by atoms with Crippen LogP contribution in [0.5, 0.6) is 0 Å². The van der Waals surface area contributed by atoms with Gasteiger partial charge in [-0.2, -0.15) is 0 Å². The summed E-state index contributed by atoms with van der Waals surface area (Å²) in [6, 6.07) is -0.481. The Bertz CT molecular complexity index is 266. The van der Waals surface area contributed by atoms with Gasteiger partial charge in [-0.3, -0.25) is 0 Å². The molecule has 0 saturated heterocycles. The molecule has 0 aromatic carbocycles. The van der Waals surface area contributed by atoms with Gasteiger partial charge in [-0.1, -0.05) is 0 Å². The lowest BCUT2D eigenvalue weighted by atomic mass is 10.1. The zero-order chi connectivity index (χ0) is 13.5. The van der Waals surface area contributed by atoms with E-state index in [9.17, 15) is 14.7 Å². The Kier molecular flexibility index (Phi) is 6.52. The van der Waals surface area contributed by atoms with Gasteiger partial charge < -0.3 is 25.7 Å². The summed E-state index contributed by atoms with van der Waals surface area (Å²) in [5.41, 5.74) is -1.94. The lowest BCUT2D eigenvalue weighted by Gasteiger charge is -2.18. The van der Waals surface area contributed by atoms with Crippen molar-refractivity contribution in [3.63, 3.8) is 0 Å². The molecule has 0 aliphatic carbocycles. The molecular formula is C10H21N3O4. The second-order valence-corrected chi connectivity index (χ2v) is 4.35. The molecule has 0 bridgehead atoms. The minimum absolute atomic E-state index is 0.332. The van der Waals surface area contributed by atoms with Crippen LogP contribution in [0.1, 0.15) is 13.3 Å². The zero-order valence-electron chi connectivity index (χ0n) is 10.5. The number of carbonyl (C=O) groups excluding carboxylic acids is 1. The molecule has 0 aliphatic heterocycles. The smallest absolute Gasteiger partial charge is 0.337 e. The van der Waals surface area contributed by atoms with Crippen molar-refractivity contribution in [3.8, 4) is 0 Å². The quantitative estimate of drug-likeness (QED) is 0.435. The summed E-state index contributed by atoms with van der Waals surface area (Å²) in [6.45, 7) is 2.15. The van der Waals surface area contributed by atoms with Crippen LogP contribution < -0.4 is 10.6 Å². The number of nitrogens with one attached hydrogen (secondary N) is 2. The molecule has 1 unspecified atom stereocenters. The Labute approximate surface area is 101 Å². The van der Waals surface area contributed by atoms with E-state index in [0.717, 1.165) is 19.9 Å². The van der Waals surface area contributed by atoms with Gasteiger partial charge in [0.2, 0.25) is 0 Å². The maximum Gasteiger partial charge on any atom is 0.337 e. The number of aliphatic carboxylic acids is 1. The molecule has 0 saturated carbocycles. The highest BCUT2D eigenvalue weighted by Gasteiger charge is 2.30. The van der Waals surface area contributed by atoms with Crippen LogP contribution in [0.2, 0.25) is 0 Å². The molecule has 7 heteroatoms. The van der Waals surface area contributed by atoms with Crippen LogP contribution in [-0.2, 0) is 4.79 Å². The standard InChI is InChI=1S/C10H21N3O4/c1-10(17,8(14)15)7-12-9(16)11-5-4-6-13(2)3/h17H,4-7H2,1-3H3,(H,14,15)(H2,11,12,16). The lowest BCUT2D eigenvalue weighted by molar-refractivity contribution is -0.155. The number of amides is 2. The summed E-state index contributed by atoms with van der Waals surface area (Å²) >= 11 is 0. The Hall–Kier alpha value is -1.34. The molecule has 0 aromatic rings. The first kappa shape index (κ1) is 15.7. The van der Waals surface area contributed by atoms with E-state index < -0.39 is 17.6 Å². The molecule has 0 rings (SSSR count). The zero-order valence-corrected chi connectivity index (χ0v) is 10.5. The molecule has 0 radical (unpaired) electrons. The van der Waals surface area contributed by atoms with Gasteiger partial charge >= 0.3 is 12.0 Å². The van der Waals surface area contributed by atoms with E-state index in [0.29, 0.717) is 6.54 Å². The maximum absolute atomic E-state index is 11.2. The molecule has 0 heterocycles. The number of rotatable bonds is 7. The molecule has 0 spiro atoms. The van der Waals surface area contributed by atoms with Crippen molar-refractivity contribution in [1.29, 1.82) is 0 Å². The second-order valence-electron chi connectivity index (χ2n) is 4.35. The largest absolute Gasteiger partial charge is 0.479 e. The highest BCUT2D eigenvalue weighted by Crippen LogP contribution is 2.00. The van der Waals surface area contributed by atoms with Crippen LogP contribution in [0.15, 0.2) is 0 Å². The van der Waals surface area contributed by atoms with Crippen LogP contribution in [-0.4, -0.2) is 66.4 Å². The number of nitrogens with zero attached hydrogens (tertiary/aromatic N) is 1. The van der Waals surface area contributed by atoms with Crippen LogP contribution in [0.25, 0.3) is 0 Å². The van der Waals surface area contributed by atoms with Crippen LogP contribution in [0.4, 0.5) is 4.79 Å². The summed E-state index contributed by atoms with van der Waals surface area (Å²) < 4.78 is 0. The minimum Gasteiger partial charge on any atom is -0.479 e. The molecular weight excluding hydrogens is 226 g/mol. The molecule has 7 nitrogen and oxygen atoms in total. The summed E-state index contributed by atoms with van der Waals surface area (Å²) in [4.78, 5) is 23.8. The van der Waals surface area contributed by atoms with Gasteiger partial charge in [-0.15, -0.1) is 0 Å². The van der Waals surface area contributed by atoms with E-state index in [1.54, 1.807) is 0 Å². The van der Waals surface area contributed by atoms with E-state index in [-0.39, 0.29) is 6.54 Å². The highest BCUT2D eigenvalue weighted by molar-refractivity contribution is 5.79. The predicted octanol–water partition coefficient (Wildman–Crippen LogP) is -0.927. The molecule has 17 heavy (non-hydrogen) atoms. The fraction of sp³-hybridized carbons (Fsp3) is 0.800. The fourth-order valence-electron chi connectivity index (χ4n) is 0.988. The molecule has 0 fully saturated rings. The van der Waals surface area contributed by atoms with Gasteiger partial charge in [-0.05, 0) is 34.0 Å². The Morgan fingerprint density at radius 2 is 1.88 bits per heavy atom.